The maximum atomic E-state index is 12.8. The Bertz CT molecular complexity index is 1040. The second kappa shape index (κ2) is 8.44. The van der Waals surface area contributed by atoms with Crippen molar-refractivity contribution >= 4 is 29.2 Å². The highest BCUT2D eigenvalue weighted by atomic mass is 16.2. The highest BCUT2D eigenvalue weighted by molar-refractivity contribution is 6.07. The maximum Gasteiger partial charge on any atom is 0.328 e. The number of likely N-dealkylation sites (tertiary alicyclic amines) is 2. The van der Waals surface area contributed by atoms with Crippen LogP contribution in [0, 0.1) is 5.92 Å². The van der Waals surface area contributed by atoms with Gasteiger partial charge in [-0.1, -0.05) is 0 Å². The van der Waals surface area contributed by atoms with Crippen LogP contribution in [0.3, 0.4) is 0 Å². The number of aromatic nitrogens is 2. The van der Waals surface area contributed by atoms with Gasteiger partial charge in [-0.25, -0.2) is 14.1 Å². The van der Waals surface area contributed by atoms with E-state index in [1.807, 2.05) is 11.1 Å². The van der Waals surface area contributed by atoms with Gasteiger partial charge in [0.25, 0.3) is 0 Å². The quantitative estimate of drug-likeness (QED) is 0.798. The minimum absolute atomic E-state index is 0.206. The first-order valence-corrected chi connectivity index (χ1v) is 11.6. The third-order valence-electron chi connectivity index (χ3n) is 7.04. The zero-order chi connectivity index (χ0) is 22.2. The first-order valence-electron chi connectivity index (χ1n) is 11.6. The van der Waals surface area contributed by atoms with Gasteiger partial charge in [-0.05, 0) is 62.6 Å². The molecule has 3 aliphatic heterocycles. The summed E-state index contributed by atoms with van der Waals surface area (Å²) in [5.74, 6) is 0.268. The van der Waals surface area contributed by atoms with Crippen molar-refractivity contribution in [3.8, 4) is 0 Å². The van der Waals surface area contributed by atoms with Crippen molar-refractivity contribution in [2.75, 3.05) is 31.1 Å². The van der Waals surface area contributed by atoms with Crippen LogP contribution in [0.5, 0.6) is 0 Å². The van der Waals surface area contributed by atoms with Gasteiger partial charge >= 0.3 is 12.1 Å². The molecular weight excluding hydrogens is 408 g/mol. The number of carbonyl (C=O) groups is 3. The van der Waals surface area contributed by atoms with E-state index in [4.69, 9.17) is 0 Å². The van der Waals surface area contributed by atoms with Crippen molar-refractivity contribution in [3.05, 3.63) is 30.1 Å². The molecule has 2 aromatic rings. The van der Waals surface area contributed by atoms with Gasteiger partial charge in [-0.3, -0.25) is 15.0 Å². The molecule has 32 heavy (non-hydrogen) atoms. The van der Waals surface area contributed by atoms with Crippen LogP contribution in [0.1, 0.15) is 44.6 Å². The number of rotatable bonds is 3. The van der Waals surface area contributed by atoms with Crippen LogP contribution in [-0.4, -0.2) is 69.6 Å². The molecule has 2 atom stereocenters. The van der Waals surface area contributed by atoms with Gasteiger partial charge in [0.05, 0.1) is 17.4 Å². The predicted octanol–water partition coefficient (Wildman–Crippen LogP) is 2.64. The molecule has 0 unspecified atom stereocenters. The minimum atomic E-state index is -0.398. The molecule has 0 saturated carbocycles. The van der Waals surface area contributed by atoms with Crippen LogP contribution < -0.4 is 10.2 Å². The number of hydrogen-bond donors (Lipinski definition) is 1. The summed E-state index contributed by atoms with van der Waals surface area (Å²) in [5.41, 5.74) is 2.78. The molecule has 3 aliphatic rings. The van der Waals surface area contributed by atoms with E-state index in [0.717, 1.165) is 62.9 Å². The zero-order valence-electron chi connectivity index (χ0n) is 18.5. The summed E-state index contributed by atoms with van der Waals surface area (Å²) in [5, 5.41) is 6.75. The molecular formula is C23H30N6O3. The average molecular weight is 439 g/mol. The fourth-order valence-corrected chi connectivity index (χ4v) is 5.30. The van der Waals surface area contributed by atoms with E-state index < -0.39 is 6.03 Å². The number of carbonyl (C=O) groups excluding carboxylic acids is 3. The second-order valence-electron chi connectivity index (χ2n) is 9.26. The molecule has 2 aromatic heterocycles. The number of nitrogens with zero attached hydrogens (tertiary/aromatic N) is 5. The molecule has 170 valence electrons. The lowest BCUT2D eigenvalue weighted by atomic mass is 9.87. The largest absolute Gasteiger partial charge is 0.328 e. The van der Waals surface area contributed by atoms with Gasteiger partial charge in [0.1, 0.15) is 0 Å². The van der Waals surface area contributed by atoms with Crippen molar-refractivity contribution in [3.63, 3.8) is 0 Å². The van der Waals surface area contributed by atoms with Crippen LogP contribution in [0.4, 0.5) is 15.3 Å². The van der Waals surface area contributed by atoms with Crippen molar-refractivity contribution in [1.29, 1.82) is 0 Å². The fraction of sp³-hybridized carbons (Fsp3) is 0.565. The Morgan fingerprint density at radius 1 is 1.19 bits per heavy atom. The Kier molecular flexibility index (Phi) is 5.48. The molecule has 5 amide bonds. The van der Waals surface area contributed by atoms with Crippen molar-refractivity contribution in [1.82, 2.24) is 24.7 Å². The number of urea groups is 2. The van der Waals surface area contributed by atoms with E-state index in [0.29, 0.717) is 12.5 Å². The van der Waals surface area contributed by atoms with Crippen molar-refractivity contribution in [2.24, 2.45) is 5.92 Å². The first-order chi connectivity index (χ1) is 15.5. The number of fused-ring (bicyclic) bond motifs is 1. The van der Waals surface area contributed by atoms with Crippen LogP contribution in [0.2, 0.25) is 0 Å². The Labute approximate surface area is 187 Å². The van der Waals surface area contributed by atoms with E-state index >= 15 is 0 Å². The van der Waals surface area contributed by atoms with E-state index in [1.54, 1.807) is 15.6 Å². The van der Waals surface area contributed by atoms with Crippen LogP contribution in [0.15, 0.2) is 24.5 Å². The molecule has 0 spiro atoms. The number of nitrogens with one attached hydrogen (secondary N) is 1. The normalized spacial score (nSPS) is 24.3. The summed E-state index contributed by atoms with van der Waals surface area (Å²) in [6.45, 7) is 5.11. The fourth-order valence-electron chi connectivity index (χ4n) is 5.30. The minimum Gasteiger partial charge on any atom is -0.325 e. The summed E-state index contributed by atoms with van der Waals surface area (Å²) in [6.07, 6.45) is 9.05. The number of piperidine rings is 1. The van der Waals surface area contributed by atoms with E-state index in [2.05, 4.69) is 34.4 Å². The SMILES string of the molecule is C[C@H]1C[C@H](Cc2ccn3ncc(N4CCC(=O)NC4=O)c3c2)CCN1C(=O)N1CCCC1. The molecule has 1 N–H and O–H groups in total. The number of amides is 5. The molecule has 9 nitrogen and oxygen atoms in total. The van der Waals surface area contributed by atoms with Crippen LogP contribution in [-0.2, 0) is 11.2 Å². The summed E-state index contributed by atoms with van der Waals surface area (Å²) in [6, 6.07) is 4.22. The average Bonchev–Trinajstić information content (AvgIpc) is 3.44. The maximum absolute atomic E-state index is 12.8. The van der Waals surface area contributed by atoms with Gasteiger partial charge in [-0.15, -0.1) is 0 Å². The van der Waals surface area contributed by atoms with Gasteiger partial charge in [0.2, 0.25) is 5.91 Å². The lowest BCUT2D eigenvalue weighted by molar-refractivity contribution is -0.120. The highest BCUT2D eigenvalue weighted by Gasteiger charge is 2.32. The molecule has 9 heteroatoms. The lowest BCUT2D eigenvalue weighted by Gasteiger charge is -2.39. The lowest BCUT2D eigenvalue weighted by Crippen LogP contribution is -2.50. The molecule has 0 bridgehead atoms. The highest BCUT2D eigenvalue weighted by Crippen LogP contribution is 2.29. The first kappa shape index (κ1) is 20.8. The summed E-state index contributed by atoms with van der Waals surface area (Å²) < 4.78 is 1.77. The van der Waals surface area contributed by atoms with Crippen LogP contribution >= 0.6 is 0 Å². The molecule has 3 fully saturated rings. The van der Waals surface area contributed by atoms with Crippen molar-refractivity contribution in [2.45, 2.75) is 51.5 Å². The third kappa shape index (κ3) is 3.91. The van der Waals surface area contributed by atoms with Gasteiger partial charge in [0.15, 0.2) is 0 Å². The molecule has 0 aromatic carbocycles. The summed E-state index contributed by atoms with van der Waals surface area (Å²) in [7, 11) is 0. The number of anilines is 1. The molecule has 0 radical (unpaired) electrons. The molecule has 0 aliphatic carbocycles. The topological polar surface area (TPSA) is 90.3 Å². The number of hydrogen-bond acceptors (Lipinski definition) is 4. The second-order valence-corrected chi connectivity index (χ2v) is 9.26. The Balaban J connectivity index is 1.27. The molecule has 5 rings (SSSR count). The predicted molar refractivity (Wildman–Crippen MR) is 119 cm³/mol. The Hall–Kier alpha value is -3.10. The van der Waals surface area contributed by atoms with E-state index in [9.17, 15) is 14.4 Å². The Morgan fingerprint density at radius 3 is 2.75 bits per heavy atom. The van der Waals surface area contributed by atoms with Gasteiger partial charge < -0.3 is 9.80 Å². The smallest absolute Gasteiger partial charge is 0.325 e. The summed E-state index contributed by atoms with van der Waals surface area (Å²) >= 11 is 0. The van der Waals surface area contributed by atoms with Gasteiger partial charge in [0, 0.05) is 44.8 Å². The molecule has 3 saturated heterocycles. The van der Waals surface area contributed by atoms with Gasteiger partial charge in [-0.2, -0.15) is 5.10 Å². The van der Waals surface area contributed by atoms with E-state index in [1.165, 1.54) is 5.56 Å². The van der Waals surface area contributed by atoms with E-state index in [-0.39, 0.29) is 24.4 Å². The Morgan fingerprint density at radius 2 is 2.00 bits per heavy atom. The molecule has 5 heterocycles. The monoisotopic (exact) mass is 438 g/mol. The number of pyridine rings is 1. The van der Waals surface area contributed by atoms with Crippen LogP contribution in [0.25, 0.3) is 5.52 Å². The number of imide groups is 1. The zero-order valence-corrected chi connectivity index (χ0v) is 18.5. The third-order valence-corrected chi connectivity index (χ3v) is 7.04. The van der Waals surface area contributed by atoms with Crippen molar-refractivity contribution < 1.29 is 14.4 Å². The standard InChI is InChI=1S/C23H30N6O3/c1-16-12-17(4-9-27(16)23(32)26-7-2-3-8-26)13-18-5-11-29-19(14-18)20(15-24-29)28-10-6-21(30)25-22(28)31/h5,11,14-17H,2-4,6-10,12-13H2,1H3,(H,25,30,31)/t16-,17+/m0/s1. The summed E-state index contributed by atoms with van der Waals surface area (Å²) in [4.78, 5) is 42.2.